The van der Waals surface area contributed by atoms with E-state index in [-0.39, 0.29) is 68.0 Å². The maximum Gasteiger partial charge on any atom is 0.416 e. The number of anilines is 1. The number of nitrogens with zero attached hydrogens (tertiary/aromatic N) is 7. The van der Waals surface area contributed by atoms with Crippen molar-refractivity contribution in [3.05, 3.63) is 196 Å². The van der Waals surface area contributed by atoms with E-state index in [2.05, 4.69) is 41.3 Å². The van der Waals surface area contributed by atoms with Gasteiger partial charge in [0.25, 0.3) is 11.8 Å². The first-order valence-electron chi connectivity index (χ1n) is 34.6. The Morgan fingerprint density at radius 2 is 1.29 bits per heavy atom. The summed E-state index contributed by atoms with van der Waals surface area (Å²) in [6, 6.07) is 39.8. The number of likely N-dealkylation sites (N-methyl/N-ethyl adjacent to an activating group) is 2. The zero-order chi connectivity index (χ0) is 71.4. The highest BCUT2D eigenvalue weighted by Gasteiger charge is 2.50. The van der Waals surface area contributed by atoms with Gasteiger partial charge in [0.2, 0.25) is 11.8 Å². The predicted octanol–water partition coefficient (Wildman–Crippen LogP) is 10.2. The Morgan fingerprint density at radius 3 is 1.97 bits per heavy atom. The second kappa shape index (κ2) is 33.9. The van der Waals surface area contributed by atoms with Crippen molar-refractivity contribution in [2.24, 2.45) is 0 Å². The molecule has 3 aliphatic heterocycles. The Balaban J connectivity index is 0.0000119. The molecule has 10 rings (SSSR count). The Morgan fingerprint density at radius 1 is 0.663 bits per heavy atom. The third-order valence-electron chi connectivity index (χ3n) is 20.5. The van der Waals surface area contributed by atoms with Gasteiger partial charge in [-0.3, -0.25) is 24.5 Å². The van der Waals surface area contributed by atoms with Crippen molar-refractivity contribution in [1.29, 1.82) is 0 Å². The van der Waals surface area contributed by atoms with Crippen LogP contribution >= 0.6 is 0 Å². The molecule has 1 N–H and O–H groups in total. The van der Waals surface area contributed by atoms with Gasteiger partial charge < -0.3 is 60.5 Å². The average Bonchev–Trinajstić information content (AvgIpc) is 1.59. The maximum absolute atomic E-state index is 14.3. The molecular weight excluding hydrogens is 1330 g/mol. The number of carbonyl (C=O) groups excluding carboxylic acids is 5. The van der Waals surface area contributed by atoms with Crippen molar-refractivity contribution in [2.75, 3.05) is 126 Å². The molecule has 0 aromatic heterocycles. The van der Waals surface area contributed by atoms with E-state index >= 15 is 0 Å². The zero-order valence-electron chi connectivity index (χ0n) is 58.1. The number of nitrogens with one attached hydrogen (secondary N) is 1. The molecule has 6 aromatic carbocycles. The van der Waals surface area contributed by atoms with Gasteiger partial charge in [0.15, 0.2) is 0 Å². The van der Waals surface area contributed by atoms with Crippen LogP contribution in [0.2, 0.25) is 0 Å². The smallest absolute Gasteiger partial charge is 0.416 e. The van der Waals surface area contributed by atoms with Crippen molar-refractivity contribution in [3.63, 3.8) is 0 Å². The second-order valence-corrected chi connectivity index (χ2v) is 28.0. The number of ether oxygens (including phenoxy) is 3. The summed E-state index contributed by atoms with van der Waals surface area (Å²) in [6.07, 6.45) is -3.76. The predicted molar refractivity (Wildman–Crippen MR) is 367 cm³/mol. The van der Waals surface area contributed by atoms with Crippen LogP contribution in [-0.2, 0) is 60.1 Å². The van der Waals surface area contributed by atoms with E-state index in [9.17, 15) is 54.7 Å². The highest BCUT2D eigenvalue weighted by molar-refractivity contribution is 5.95. The summed E-state index contributed by atoms with van der Waals surface area (Å²) in [5, 5.41) is 2.94. The van der Waals surface area contributed by atoms with Gasteiger partial charge in [-0.1, -0.05) is 97.1 Å². The largest absolute Gasteiger partial charge is 1.00 e. The number of fused-ring (bicyclic) bond motifs is 2. The van der Waals surface area contributed by atoms with E-state index in [0.29, 0.717) is 100 Å². The number of para-hydroxylation sites is 1. The lowest BCUT2D eigenvalue weighted by Gasteiger charge is -2.44. The molecule has 24 heteroatoms. The molecule has 0 unspecified atom stereocenters. The molecule has 0 bridgehead atoms. The molecule has 544 valence electrons. The third kappa shape index (κ3) is 20.0. The van der Waals surface area contributed by atoms with E-state index in [0.717, 1.165) is 96.5 Å². The molecule has 5 amide bonds. The van der Waals surface area contributed by atoms with Crippen molar-refractivity contribution in [3.8, 4) is 11.1 Å². The summed E-state index contributed by atoms with van der Waals surface area (Å²) in [6.45, 7) is 6.38. The first-order valence-corrected chi connectivity index (χ1v) is 34.6. The molecule has 3 saturated heterocycles. The zero-order valence-corrected chi connectivity index (χ0v) is 58.9. The summed E-state index contributed by atoms with van der Waals surface area (Å²) in [7, 11) is 9.73. The number of halogens is 8. The van der Waals surface area contributed by atoms with Crippen molar-refractivity contribution >= 4 is 35.4 Å². The number of rotatable bonds is 27. The molecule has 0 radical (unpaired) electrons. The molecule has 1 spiro atoms. The quantitative estimate of drug-likeness (QED) is 0.0301. The minimum Gasteiger partial charge on any atom is -1.00 e. The lowest BCUT2D eigenvalue weighted by atomic mass is 9.72. The van der Waals surface area contributed by atoms with Crippen LogP contribution in [0.1, 0.15) is 118 Å². The molecule has 3 fully saturated rings. The molecule has 1 aliphatic carbocycles. The lowest BCUT2D eigenvalue weighted by Crippen LogP contribution is -3.00. The number of hydrogen-bond acceptors (Lipinski definition) is 10. The standard InChI is InChI=1S/C77H91F7N8O8.ClH/c1-86(37-16-38-88(3)71(95)57-26-24-55(25-27-57)51-92(4,5)46-15-7-10-23-69(93)87(2)44-45-89-39-32-64(33-40-89)100-73(97)85-67-22-14-12-20-65(67)56-17-8-6-9-18-56)70(94)52-98-68-49-58-19-11-13-21-66(58)74(68)34-41-90(42-35-74)43-36-75(60-28-30-63(78)31-29-60)53-91(54-99-75)72(96)59-47-61(76(79,80)81)50-62(48-59)77(82,83)84;/h6,8-9,11-14,17-22,24-31,47-48,50,64,68H,7,10,15-16,23,32-46,49,51-54H2,1-5H3;1H/t68-,75-;/m0./s1. The normalized spacial score (nSPS) is 18.0. The van der Waals surface area contributed by atoms with E-state index in [1.807, 2.05) is 103 Å². The minimum absolute atomic E-state index is 0. The van der Waals surface area contributed by atoms with Crippen LogP contribution in [0, 0.1) is 5.82 Å². The summed E-state index contributed by atoms with van der Waals surface area (Å²) in [5.41, 5.74) is 1.47. The minimum atomic E-state index is -5.15. The average molecular weight is 1430 g/mol. The van der Waals surface area contributed by atoms with Gasteiger partial charge in [0.05, 0.1) is 50.1 Å². The maximum atomic E-state index is 14.3. The Kier molecular flexibility index (Phi) is 25.9. The fourth-order valence-electron chi connectivity index (χ4n) is 14.5. The number of carbonyl (C=O) groups is 5. The summed E-state index contributed by atoms with van der Waals surface area (Å²) in [4.78, 5) is 77.8. The van der Waals surface area contributed by atoms with E-state index in [1.165, 1.54) is 29.8 Å². The van der Waals surface area contributed by atoms with E-state index < -0.39 is 64.6 Å². The van der Waals surface area contributed by atoms with Crippen molar-refractivity contribution < 1.29 is 85.8 Å². The van der Waals surface area contributed by atoms with Gasteiger partial charge in [-0.2, -0.15) is 26.3 Å². The third-order valence-corrected chi connectivity index (χ3v) is 20.5. The first kappa shape index (κ1) is 77.2. The second-order valence-electron chi connectivity index (χ2n) is 28.0. The molecule has 3 heterocycles. The van der Waals surface area contributed by atoms with Gasteiger partial charge in [0.1, 0.15) is 37.4 Å². The van der Waals surface area contributed by atoms with Gasteiger partial charge in [-0.25, -0.2) is 9.18 Å². The molecule has 16 nitrogen and oxygen atoms in total. The van der Waals surface area contributed by atoms with Crippen LogP contribution in [0.5, 0.6) is 0 Å². The number of quaternary nitrogens is 1. The van der Waals surface area contributed by atoms with Crippen LogP contribution in [0.3, 0.4) is 0 Å². The Hall–Kier alpha value is -7.93. The fourth-order valence-corrected chi connectivity index (χ4v) is 14.5. The number of hydrogen-bond donors (Lipinski definition) is 1. The first-order chi connectivity index (χ1) is 47.7. The summed E-state index contributed by atoms with van der Waals surface area (Å²) in [5.74, 6) is -1.77. The number of benzene rings is 6. The van der Waals surface area contributed by atoms with Crippen LogP contribution in [0.25, 0.3) is 11.1 Å². The highest BCUT2D eigenvalue weighted by Crippen LogP contribution is 2.49. The monoisotopic (exact) mass is 1420 g/mol. The lowest BCUT2D eigenvalue weighted by molar-refractivity contribution is -0.903. The highest BCUT2D eigenvalue weighted by atomic mass is 35.5. The van der Waals surface area contributed by atoms with E-state index in [1.54, 1.807) is 23.9 Å². The number of likely N-dealkylation sites (tertiary alicyclic amines) is 2. The fraction of sp³-hybridized carbons (Fsp3) is 0.468. The molecule has 4 aliphatic rings. The molecule has 101 heavy (non-hydrogen) atoms. The van der Waals surface area contributed by atoms with Gasteiger partial charge in [0, 0.05) is 101 Å². The topological polar surface area (TPSA) is 145 Å². The molecule has 6 aromatic rings. The van der Waals surface area contributed by atoms with Crippen molar-refractivity contribution in [1.82, 2.24) is 29.4 Å². The van der Waals surface area contributed by atoms with Crippen LogP contribution in [-0.4, -0.2) is 196 Å². The summed E-state index contributed by atoms with van der Waals surface area (Å²) < 4.78 is 116. The Labute approximate surface area is 593 Å². The summed E-state index contributed by atoms with van der Waals surface area (Å²) >= 11 is 0. The molecule has 2 atom stereocenters. The SMILES string of the molecule is CN(CCN1CCC(OC(=O)Nc2ccccc2-c2ccccc2)CC1)C(=O)CCCCC[N+](C)(C)Cc1ccc(C(=O)N(C)CCCN(C)C(=O)CO[C@H]2Cc3ccccc3C23CCN(CC[C@@]2(c4ccc(F)cc4)CN(C(=O)c4cc(C(F)(F)F)cc(C(F)(F)F)c4)CO2)CC3)cc1.[Cl-]. The van der Waals surface area contributed by atoms with Gasteiger partial charge in [-0.15, -0.1) is 0 Å². The number of unbranched alkanes of at least 4 members (excludes halogenated alkanes) is 2. The van der Waals surface area contributed by atoms with Crippen LogP contribution in [0.4, 0.5) is 41.2 Å². The molecular formula is C77H92ClF7N8O8. The number of alkyl halides is 6. The van der Waals surface area contributed by atoms with Crippen molar-refractivity contribution in [2.45, 2.75) is 113 Å². The number of piperidine rings is 2. The molecule has 0 saturated carbocycles. The Bertz CT molecular complexity index is 3740. The van der Waals surface area contributed by atoms with E-state index in [4.69, 9.17) is 14.2 Å². The number of amides is 5. The van der Waals surface area contributed by atoms with Gasteiger partial charge >= 0.3 is 18.4 Å². The van der Waals surface area contributed by atoms with Gasteiger partial charge in [-0.05, 0) is 148 Å². The van der Waals surface area contributed by atoms with Crippen LogP contribution < -0.4 is 17.7 Å². The van der Waals surface area contributed by atoms with Crippen LogP contribution in [0.15, 0.2) is 146 Å².